The Morgan fingerprint density at radius 2 is 1.94 bits per heavy atom. The Morgan fingerprint density at radius 3 is 2.61 bits per heavy atom. The van der Waals surface area contributed by atoms with Crippen LogP contribution < -0.4 is 16.2 Å². The summed E-state index contributed by atoms with van der Waals surface area (Å²) < 4.78 is 0. The molecule has 0 atom stereocenters. The maximum atomic E-state index is 5.35. The van der Waals surface area contributed by atoms with Crippen LogP contribution in [0, 0.1) is 13.8 Å². The molecule has 5 heteroatoms. The summed E-state index contributed by atoms with van der Waals surface area (Å²) in [6.07, 6.45) is 1.49. The maximum Gasteiger partial charge on any atom is 0.145 e. The van der Waals surface area contributed by atoms with Crippen molar-refractivity contribution in [2.45, 2.75) is 13.8 Å². The van der Waals surface area contributed by atoms with Gasteiger partial charge in [0.05, 0.1) is 0 Å². The molecule has 1 aromatic heterocycles. The van der Waals surface area contributed by atoms with Gasteiger partial charge in [-0.15, -0.1) is 0 Å². The standard InChI is InChI=1S/C13H17N5/c1-9-4-5-11(10(2)6-9)18(3)13-7-12(17-14)15-8-16-13/h4-8H,14H2,1-3H3,(H,15,16,17). The average Bonchev–Trinajstić information content (AvgIpc) is 2.38. The van der Waals surface area contributed by atoms with Crippen LogP contribution in [0.2, 0.25) is 0 Å². The highest BCUT2D eigenvalue weighted by molar-refractivity contribution is 5.64. The predicted molar refractivity (Wildman–Crippen MR) is 73.8 cm³/mol. The number of aromatic nitrogens is 2. The van der Waals surface area contributed by atoms with Crippen LogP contribution in [0.4, 0.5) is 17.3 Å². The molecule has 0 aliphatic rings. The summed E-state index contributed by atoms with van der Waals surface area (Å²) in [6.45, 7) is 4.17. The van der Waals surface area contributed by atoms with Crippen LogP contribution in [0.3, 0.4) is 0 Å². The minimum Gasteiger partial charge on any atom is -0.329 e. The molecule has 94 valence electrons. The van der Waals surface area contributed by atoms with Crippen molar-refractivity contribution in [3.63, 3.8) is 0 Å². The van der Waals surface area contributed by atoms with Crippen molar-refractivity contribution in [1.29, 1.82) is 0 Å². The lowest BCUT2D eigenvalue weighted by Gasteiger charge is -2.21. The Bertz CT molecular complexity index is 553. The zero-order valence-electron chi connectivity index (χ0n) is 10.8. The van der Waals surface area contributed by atoms with Gasteiger partial charge in [-0.25, -0.2) is 15.8 Å². The topological polar surface area (TPSA) is 67.1 Å². The van der Waals surface area contributed by atoms with E-state index in [9.17, 15) is 0 Å². The molecule has 0 unspecified atom stereocenters. The van der Waals surface area contributed by atoms with E-state index in [0.29, 0.717) is 5.82 Å². The van der Waals surface area contributed by atoms with Crippen molar-refractivity contribution in [2.24, 2.45) is 5.84 Å². The summed E-state index contributed by atoms with van der Waals surface area (Å²) in [5.74, 6) is 6.74. The highest BCUT2D eigenvalue weighted by Crippen LogP contribution is 2.26. The second-order valence-corrected chi connectivity index (χ2v) is 4.25. The number of hydrogen-bond donors (Lipinski definition) is 2. The van der Waals surface area contributed by atoms with E-state index in [0.717, 1.165) is 11.5 Å². The highest BCUT2D eigenvalue weighted by Gasteiger charge is 2.09. The van der Waals surface area contributed by atoms with E-state index in [4.69, 9.17) is 5.84 Å². The van der Waals surface area contributed by atoms with Gasteiger partial charge in [0, 0.05) is 18.8 Å². The van der Waals surface area contributed by atoms with Crippen LogP contribution in [0.1, 0.15) is 11.1 Å². The molecule has 0 radical (unpaired) electrons. The molecule has 1 aromatic carbocycles. The van der Waals surface area contributed by atoms with Crippen LogP contribution >= 0.6 is 0 Å². The third-order valence-corrected chi connectivity index (χ3v) is 2.86. The first-order valence-electron chi connectivity index (χ1n) is 5.71. The molecule has 2 aromatic rings. The van der Waals surface area contributed by atoms with Gasteiger partial charge in [0.2, 0.25) is 0 Å². The van der Waals surface area contributed by atoms with E-state index in [1.165, 1.54) is 17.5 Å². The number of nitrogens with one attached hydrogen (secondary N) is 1. The number of hydrogen-bond acceptors (Lipinski definition) is 5. The van der Waals surface area contributed by atoms with E-state index in [-0.39, 0.29) is 0 Å². The van der Waals surface area contributed by atoms with Crippen molar-refractivity contribution in [1.82, 2.24) is 9.97 Å². The summed E-state index contributed by atoms with van der Waals surface area (Å²) >= 11 is 0. The van der Waals surface area contributed by atoms with Crippen molar-refractivity contribution >= 4 is 17.3 Å². The van der Waals surface area contributed by atoms with Crippen molar-refractivity contribution in [3.05, 3.63) is 41.7 Å². The molecule has 1 heterocycles. The van der Waals surface area contributed by atoms with Gasteiger partial charge in [0.25, 0.3) is 0 Å². The fraction of sp³-hybridized carbons (Fsp3) is 0.231. The van der Waals surface area contributed by atoms with Crippen LogP contribution in [0.5, 0.6) is 0 Å². The molecule has 0 spiro atoms. The lowest BCUT2D eigenvalue weighted by atomic mass is 10.1. The van der Waals surface area contributed by atoms with Crippen LogP contribution in [-0.2, 0) is 0 Å². The molecule has 18 heavy (non-hydrogen) atoms. The van der Waals surface area contributed by atoms with E-state index in [2.05, 4.69) is 47.4 Å². The first-order chi connectivity index (χ1) is 8.61. The Kier molecular flexibility index (Phi) is 3.43. The second kappa shape index (κ2) is 5.01. The molecule has 0 amide bonds. The minimum atomic E-state index is 0.594. The van der Waals surface area contributed by atoms with Gasteiger partial charge in [-0.2, -0.15) is 0 Å². The smallest absolute Gasteiger partial charge is 0.145 e. The quantitative estimate of drug-likeness (QED) is 0.638. The fourth-order valence-corrected chi connectivity index (χ4v) is 1.91. The molecule has 3 N–H and O–H groups in total. The number of aryl methyl sites for hydroxylation is 2. The Hall–Kier alpha value is -2.14. The van der Waals surface area contributed by atoms with E-state index in [1.807, 2.05) is 11.9 Å². The van der Waals surface area contributed by atoms with Gasteiger partial charge >= 0.3 is 0 Å². The van der Waals surface area contributed by atoms with E-state index in [1.54, 1.807) is 6.07 Å². The zero-order valence-corrected chi connectivity index (χ0v) is 10.8. The number of nitrogen functional groups attached to an aromatic ring is 1. The summed E-state index contributed by atoms with van der Waals surface area (Å²) in [6, 6.07) is 8.12. The van der Waals surface area contributed by atoms with Crippen LogP contribution in [-0.4, -0.2) is 17.0 Å². The highest BCUT2D eigenvalue weighted by atomic mass is 15.3. The third-order valence-electron chi connectivity index (χ3n) is 2.86. The Morgan fingerprint density at radius 1 is 1.17 bits per heavy atom. The van der Waals surface area contributed by atoms with Gasteiger partial charge in [-0.1, -0.05) is 17.7 Å². The van der Waals surface area contributed by atoms with E-state index >= 15 is 0 Å². The average molecular weight is 243 g/mol. The van der Waals surface area contributed by atoms with Gasteiger partial charge < -0.3 is 10.3 Å². The van der Waals surface area contributed by atoms with Gasteiger partial charge in [0.1, 0.15) is 18.0 Å². The summed E-state index contributed by atoms with van der Waals surface area (Å²) in [7, 11) is 1.97. The van der Waals surface area contributed by atoms with Gasteiger partial charge in [0.15, 0.2) is 0 Å². The third kappa shape index (κ3) is 2.41. The maximum absolute atomic E-state index is 5.35. The van der Waals surface area contributed by atoms with Gasteiger partial charge in [-0.05, 0) is 25.5 Å². The molecule has 0 aliphatic carbocycles. The van der Waals surface area contributed by atoms with Gasteiger partial charge in [-0.3, -0.25) is 0 Å². The molecule has 5 nitrogen and oxygen atoms in total. The number of rotatable bonds is 3. The normalized spacial score (nSPS) is 10.2. The van der Waals surface area contributed by atoms with Crippen molar-refractivity contribution in [3.8, 4) is 0 Å². The molecular weight excluding hydrogens is 226 g/mol. The first-order valence-corrected chi connectivity index (χ1v) is 5.71. The fourth-order valence-electron chi connectivity index (χ4n) is 1.91. The zero-order chi connectivity index (χ0) is 13.1. The monoisotopic (exact) mass is 243 g/mol. The number of nitrogens with zero attached hydrogens (tertiary/aromatic N) is 3. The SMILES string of the molecule is Cc1ccc(N(C)c2cc(NN)ncn2)c(C)c1. The number of nitrogens with two attached hydrogens (primary N) is 1. The molecule has 0 aliphatic heterocycles. The predicted octanol–water partition coefficient (Wildman–Crippen LogP) is 2.15. The molecule has 0 saturated heterocycles. The molecular formula is C13H17N5. The molecule has 2 rings (SSSR count). The Labute approximate surface area is 107 Å². The molecule has 0 saturated carbocycles. The first kappa shape index (κ1) is 12.3. The largest absolute Gasteiger partial charge is 0.329 e. The Balaban J connectivity index is 2.37. The number of hydrazine groups is 1. The van der Waals surface area contributed by atoms with E-state index < -0.39 is 0 Å². The lowest BCUT2D eigenvalue weighted by Crippen LogP contribution is -2.15. The molecule has 0 fully saturated rings. The van der Waals surface area contributed by atoms with Crippen molar-refractivity contribution in [2.75, 3.05) is 17.4 Å². The number of anilines is 3. The van der Waals surface area contributed by atoms with Crippen LogP contribution in [0.25, 0.3) is 0 Å². The van der Waals surface area contributed by atoms with Crippen LogP contribution in [0.15, 0.2) is 30.6 Å². The summed E-state index contributed by atoms with van der Waals surface area (Å²) in [4.78, 5) is 10.3. The van der Waals surface area contributed by atoms with Crippen molar-refractivity contribution < 1.29 is 0 Å². The summed E-state index contributed by atoms with van der Waals surface area (Å²) in [5.41, 5.74) is 6.09. The summed E-state index contributed by atoms with van der Waals surface area (Å²) in [5, 5.41) is 0. The lowest BCUT2D eigenvalue weighted by molar-refractivity contribution is 1.06. The number of benzene rings is 1. The second-order valence-electron chi connectivity index (χ2n) is 4.25. The molecule has 0 bridgehead atoms. The minimum absolute atomic E-state index is 0.594.